The molecule has 0 bridgehead atoms. The molecule has 1 atom stereocenters. The van der Waals surface area contributed by atoms with Crippen LogP contribution in [0, 0.1) is 5.41 Å². The summed E-state index contributed by atoms with van der Waals surface area (Å²) in [6.07, 6.45) is 2.20. The second-order valence-corrected chi connectivity index (χ2v) is 8.63. The molecule has 158 valence electrons. The van der Waals surface area contributed by atoms with Crippen LogP contribution in [-0.2, 0) is 14.4 Å². The van der Waals surface area contributed by atoms with Crippen LogP contribution in [0.2, 0.25) is 0 Å². The van der Waals surface area contributed by atoms with Crippen molar-refractivity contribution in [3.8, 4) is 0 Å². The Labute approximate surface area is 177 Å². The van der Waals surface area contributed by atoms with Crippen LogP contribution in [0.4, 0.5) is 11.4 Å². The fourth-order valence-electron chi connectivity index (χ4n) is 3.41. The van der Waals surface area contributed by atoms with E-state index in [2.05, 4.69) is 10.6 Å². The van der Waals surface area contributed by atoms with Crippen molar-refractivity contribution in [1.29, 1.82) is 0 Å². The van der Waals surface area contributed by atoms with Gasteiger partial charge < -0.3 is 15.5 Å². The summed E-state index contributed by atoms with van der Waals surface area (Å²) in [5.41, 5.74) is 1.43. The van der Waals surface area contributed by atoms with Crippen molar-refractivity contribution >= 4 is 29.1 Å². The van der Waals surface area contributed by atoms with Gasteiger partial charge in [0, 0.05) is 29.8 Å². The Balaban J connectivity index is 1.81. The van der Waals surface area contributed by atoms with Gasteiger partial charge in [-0.05, 0) is 36.6 Å². The largest absolute Gasteiger partial charge is 0.327 e. The molecule has 1 heterocycles. The molecule has 0 aliphatic carbocycles. The molecule has 3 rings (SSSR count). The third-order valence-corrected chi connectivity index (χ3v) is 5.10. The van der Waals surface area contributed by atoms with Gasteiger partial charge in [-0.2, -0.15) is 0 Å². The lowest BCUT2D eigenvalue weighted by Crippen LogP contribution is -2.43. The summed E-state index contributed by atoms with van der Waals surface area (Å²) in [5, 5.41) is 5.80. The molecule has 6 heteroatoms. The van der Waals surface area contributed by atoms with E-state index in [9.17, 15) is 14.4 Å². The number of nitrogens with zero attached hydrogens (tertiary/aromatic N) is 1. The molecule has 3 amide bonds. The molecule has 6 nitrogen and oxygen atoms in total. The van der Waals surface area contributed by atoms with Gasteiger partial charge in [-0.3, -0.25) is 14.4 Å². The molecular formula is C24H29N3O3. The Kier molecular flexibility index (Phi) is 6.55. The minimum atomic E-state index is -0.688. The van der Waals surface area contributed by atoms with Gasteiger partial charge >= 0.3 is 0 Å². The van der Waals surface area contributed by atoms with Gasteiger partial charge in [-0.15, -0.1) is 0 Å². The monoisotopic (exact) mass is 407 g/mol. The second-order valence-electron chi connectivity index (χ2n) is 8.63. The molecule has 1 aliphatic heterocycles. The number of benzene rings is 2. The zero-order valence-corrected chi connectivity index (χ0v) is 17.8. The van der Waals surface area contributed by atoms with E-state index in [1.165, 1.54) is 0 Å². The molecule has 0 saturated carbocycles. The Hall–Kier alpha value is -3.15. The standard InChI is InChI=1S/C24H29N3O3/c1-24(2,3)23(30)26-19-13-9-12-18(16-19)25-22(29)21(17-10-5-4-6-11-17)27-15-8-7-14-20(27)28/h4-6,9-13,16,21H,7-8,14-15H2,1-3H3,(H,25,29)(H,26,30). The molecule has 2 N–H and O–H groups in total. The van der Waals surface area contributed by atoms with Crippen molar-refractivity contribution in [3.05, 3.63) is 60.2 Å². The van der Waals surface area contributed by atoms with Crippen LogP contribution in [-0.4, -0.2) is 29.2 Å². The molecule has 0 aromatic heterocycles. The number of nitrogens with one attached hydrogen (secondary N) is 2. The number of anilines is 2. The highest BCUT2D eigenvalue weighted by molar-refractivity contribution is 5.99. The number of rotatable bonds is 5. The first-order valence-electron chi connectivity index (χ1n) is 10.3. The Morgan fingerprint density at radius 2 is 1.60 bits per heavy atom. The smallest absolute Gasteiger partial charge is 0.251 e. The molecule has 1 unspecified atom stereocenters. The SMILES string of the molecule is CC(C)(C)C(=O)Nc1cccc(NC(=O)C(c2ccccc2)N2CCCCC2=O)c1. The Morgan fingerprint density at radius 3 is 2.23 bits per heavy atom. The van der Waals surface area contributed by atoms with E-state index in [1.807, 2.05) is 51.1 Å². The molecule has 2 aromatic rings. The fourth-order valence-corrected chi connectivity index (χ4v) is 3.41. The summed E-state index contributed by atoms with van der Waals surface area (Å²) in [7, 11) is 0. The summed E-state index contributed by atoms with van der Waals surface area (Å²) in [4.78, 5) is 39.7. The molecule has 0 spiro atoms. The van der Waals surface area contributed by atoms with Crippen LogP contribution in [0.25, 0.3) is 0 Å². The van der Waals surface area contributed by atoms with Crippen molar-refractivity contribution in [3.63, 3.8) is 0 Å². The fraction of sp³-hybridized carbons (Fsp3) is 0.375. The first-order chi connectivity index (χ1) is 14.3. The van der Waals surface area contributed by atoms with Crippen molar-refractivity contribution in [2.75, 3.05) is 17.2 Å². The predicted molar refractivity (Wildman–Crippen MR) is 118 cm³/mol. The van der Waals surface area contributed by atoms with Gasteiger partial charge in [0.15, 0.2) is 0 Å². The van der Waals surface area contributed by atoms with Crippen LogP contribution in [0.15, 0.2) is 54.6 Å². The number of carbonyl (C=O) groups excluding carboxylic acids is 3. The van der Waals surface area contributed by atoms with Crippen molar-refractivity contribution in [1.82, 2.24) is 4.90 Å². The lowest BCUT2D eigenvalue weighted by Gasteiger charge is -2.34. The van der Waals surface area contributed by atoms with E-state index in [0.29, 0.717) is 24.3 Å². The number of amides is 3. The maximum atomic E-state index is 13.3. The number of hydrogen-bond acceptors (Lipinski definition) is 3. The number of likely N-dealkylation sites (tertiary alicyclic amines) is 1. The summed E-state index contributed by atoms with van der Waals surface area (Å²) < 4.78 is 0. The highest BCUT2D eigenvalue weighted by atomic mass is 16.2. The van der Waals surface area contributed by atoms with Gasteiger partial charge in [0.25, 0.3) is 5.91 Å². The molecule has 1 saturated heterocycles. The van der Waals surface area contributed by atoms with Crippen LogP contribution >= 0.6 is 0 Å². The molecule has 1 aliphatic rings. The Morgan fingerprint density at radius 1 is 0.933 bits per heavy atom. The van der Waals surface area contributed by atoms with Crippen molar-refractivity contribution < 1.29 is 14.4 Å². The maximum Gasteiger partial charge on any atom is 0.251 e. The third kappa shape index (κ3) is 5.26. The quantitative estimate of drug-likeness (QED) is 0.773. The molecule has 2 aromatic carbocycles. The maximum absolute atomic E-state index is 13.3. The van der Waals surface area contributed by atoms with E-state index in [0.717, 1.165) is 18.4 Å². The third-order valence-electron chi connectivity index (χ3n) is 5.10. The van der Waals surface area contributed by atoms with Crippen molar-refractivity contribution in [2.24, 2.45) is 5.41 Å². The average molecular weight is 408 g/mol. The normalized spacial score (nSPS) is 15.4. The number of piperidine rings is 1. The summed E-state index contributed by atoms with van der Waals surface area (Å²) in [6, 6.07) is 15.7. The van der Waals surface area contributed by atoms with Crippen LogP contribution in [0.5, 0.6) is 0 Å². The summed E-state index contributed by atoms with van der Waals surface area (Å²) >= 11 is 0. The highest BCUT2D eigenvalue weighted by Crippen LogP contribution is 2.28. The van der Waals surface area contributed by atoms with Gasteiger partial charge in [0.2, 0.25) is 11.8 Å². The summed E-state index contributed by atoms with van der Waals surface area (Å²) in [6.45, 7) is 6.09. The average Bonchev–Trinajstić information content (AvgIpc) is 2.70. The van der Waals surface area contributed by atoms with Crippen LogP contribution < -0.4 is 10.6 Å². The zero-order valence-electron chi connectivity index (χ0n) is 17.8. The first kappa shape index (κ1) is 21.6. The minimum Gasteiger partial charge on any atom is -0.327 e. The molecule has 30 heavy (non-hydrogen) atoms. The lowest BCUT2D eigenvalue weighted by atomic mass is 9.95. The molecule has 1 fully saturated rings. The topological polar surface area (TPSA) is 78.5 Å². The van der Waals surface area contributed by atoms with E-state index in [-0.39, 0.29) is 17.7 Å². The van der Waals surface area contributed by atoms with Crippen LogP contribution in [0.1, 0.15) is 51.6 Å². The van der Waals surface area contributed by atoms with E-state index >= 15 is 0 Å². The van der Waals surface area contributed by atoms with E-state index in [1.54, 1.807) is 29.2 Å². The minimum absolute atomic E-state index is 0.00329. The zero-order chi connectivity index (χ0) is 21.7. The molecular weight excluding hydrogens is 378 g/mol. The van der Waals surface area contributed by atoms with Crippen LogP contribution in [0.3, 0.4) is 0 Å². The number of hydrogen-bond donors (Lipinski definition) is 2. The van der Waals surface area contributed by atoms with Gasteiger partial charge in [-0.1, -0.05) is 57.2 Å². The first-order valence-corrected chi connectivity index (χ1v) is 10.3. The predicted octanol–water partition coefficient (Wildman–Crippen LogP) is 4.36. The number of carbonyl (C=O) groups is 3. The Bertz CT molecular complexity index is 919. The highest BCUT2D eigenvalue weighted by Gasteiger charge is 2.32. The van der Waals surface area contributed by atoms with Crippen molar-refractivity contribution in [2.45, 2.75) is 46.1 Å². The van der Waals surface area contributed by atoms with E-state index in [4.69, 9.17) is 0 Å². The van der Waals surface area contributed by atoms with Gasteiger partial charge in [0.1, 0.15) is 6.04 Å². The lowest BCUT2D eigenvalue weighted by molar-refractivity contribution is -0.141. The second kappa shape index (κ2) is 9.11. The van der Waals surface area contributed by atoms with E-state index < -0.39 is 11.5 Å². The van der Waals surface area contributed by atoms with Gasteiger partial charge in [-0.25, -0.2) is 0 Å². The van der Waals surface area contributed by atoms with Gasteiger partial charge in [0.05, 0.1) is 0 Å². The summed E-state index contributed by atoms with van der Waals surface area (Å²) in [5.74, 6) is -0.376. The molecule has 0 radical (unpaired) electrons.